The fraction of sp³-hybridized carbons (Fsp3) is 0.857. The first kappa shape index (κ1) is 10.3. The van der Waals surface area contributed by atoms with Gasteiger partial charge in [-0.3, -0.25) is 4.79 Å². The Kier molecular flexibility index (Phi) is 2.51. The normalized spacial score (nSPS) is 21.2. The third-order valence-corrected chi connectivity index (χ3v) is 2.14. The van der Waals surface area contributed by atoms with Gasteiger partial charge in [-0.2, -0.15) is 13.2 Å². The maximum Gasteiger partial charge on any atom is 0.414 e. The summed E-state index contributed by atoms with van der Waals surface area (Å²) in [6.07, 6.45) is -6.88. The summed E-state index contributed by atoms with van der Waals surface area (Å²) < 4.78 is 35.7. The molecule has 0 aromatic carbocycles. The summed E-state index contributed by atoms with van der Waals surface area (Å²) in [6.45, 7) is 1.28. The lowest BCUT2D eigenvalue weighted by Crippen LogP contribution is -2.57. The number of aliphatic hydroxyl groups is 1. The zero-order chi connectivity index (χ0) is 10.2. The van der Waals surface area contributed by atoms with Gasteiger partial charge in [0.2, 0.25) is 5.91 Å². The minimum atomic E-state index is -4.58. The summed E-state index contributed by atoms with van der Waals surface area (Å²) in [5.74, 6) is -1.12. The second kappa shape index (κ2) is 3.17. The lowest BCUT2D eigenvalue weighted by Gasteiger charge is -2.41. The molecule has 6 heteroatoms. The maximum atomic E-state index is 11.9. The van der Waals surface area contributed by atoms with Crippen LogP contribution < -0.4 is 0 Å². The Labute approximate surface area is 73.1 Å². The summed E-state index contributed by atoms with van der Waals surface area (Å²) in [5, 5.41) is 8.74. The van der Waals surface area contributed by atoms with Crippen LogP contribution in [0.5, 0.6) is 0 Å². The van der Waals surface area contributed by atoms with Crippen LogP contribution in [0, 0.1) is 5.92 Å². The van der Waals surface area contributed by atoms with Crippen molar-refractivity contribution in [2.45, 2.75) is 19.2 Å². The van der Waals surface area contributed by atoms with E-state index in [2.05, 4.69) is 0 Å². The highest BCUT2D eigenvalue weighted by Gasteiger charge is 2.48. The molecule has 1 unspecified atom stereocenters. The number of likely N-dealkylation sites (tertiary alicyclic amines) is 1. The number of rotatable bonds is 1. The van der Waals surface area contributed by atoms with Crippen LogP contribution in [-0.4, -0.2) is 41.3 Å². The number of nitrogens with zero attached hydrogens (tertiary/aromatic N) is 1. The van der Waals surface area contributed by atoms with E-state index < -0.39 is 18.2 Å². The largest absolute Gasteiger partial charge is 0.414 e. The summed E-state index contributed by atoms with van der Waals surface area (Å²) in [5.41, 5.74) is 0. The van der Waals surface area contributed by atoms with Crippen LogP contribution in [0.4, 0.5) is 13.2 Å². The average Bonchev–Trinajstić information content (AvgIpc) is 1.80. The molecule has 0 spiro atoms. The van der Waals surface area contributed by atoms with Crippen molar-refractivity contribution < 1.29 is 23.1 Å². The Bertz CT molecular complexity index is 210. The number of halogens is 3. The van der Waals surface area contributed by atoms with Crippen molar-refractivity contribution in [2.24, 2.45) is 5.92 Å². The standard InChI is InChI=1S/C7H10F3NO2/c1-4(12)11-2-5(3-11)6(13)7(8,9)10/h5-6,13H,2-3H2,1H3. The highest BCUT2D eigenvalue weighted by Crippen LogP contribution is 2.30. The van der Waals surface area contributed by atoms with E-state index in [1.54, 1.807) is 0 Å². The van der Waals surface area contributed by atoms with Crippen LogP contribution in [0.25, 0.3) is 0 Å². The van der Waals surface area contributed by atoms with Gasteiger partial charge in [-0.15, -0.1) is 0 Å². The van der Waals surface area contributed by atoms with E-state index in [1.165, 1.54) is 11.8 Å². The molecule has 3 nitrogen and oxygen atoms in total. The van der Waals surface area contributed by atoms with E-state index in [0.717, 1.165) is 0 Å². The molecule has 1 heterocycles. The van der Waals surface area contributed by atoms with Crippen LogP contribution in [0.2, 0.25) is 0 Å². The average molecular weight is 197 g/mol. The Morgan fingerprint density at radius 2 is 2.00 bits per heavy atom. The van der Waals surface area contributed by atoms with Crippen LogP contribution in [0.3, 0.4) is 0 Å². The lowest BCUT2D eigenvalue weighted by atomic mass is 9.93. The fourth-order valence-electron chi connectivity index (χ4n) is 1.24. The fourth-order valence-corrected chi connectivity index (χ4v) is 1.24. The smallest absolute Gasteiger partial charge is 0.383 e. The highest BCUT2D eigenvalue weighted by atomic mass is 19.4. The van der Waals surface area contributed by atoms with Gasteiger partial charge in [-0.05, 0) is 0 Å². The molecular weight excluding hydrogens is 187 g/mol. The molecule has 0 saturated carbocycles. The molecule has 13 heavy (non-hydrogen) atoms. The minimum Gasteiger partial charge on any atom is -0.383 e. The topological polar surface area (TPSA) is 40.5 Å². The highest BCUT2D eigenvalue weighted by molar-refractivity contribution is 5.74. The summed E-state index contributed by atoms with van der Waals surface area (Å²) in [7, 11) is 0. The first-order chi connectivity index (χ1) is 5.82. The van der Waals surface area contributed by atoms with Crippen LogP contribution >= 0.6 is 0 Å². The lowest BCUT2D eigenvalue weighted by molar-refractivity contribution is -0.232. The number of alkyl halides is 3. The molecule has 0 bridgehead atoms. The number of hydrogen-bond donors (Lipinski definition) is 1. The molecule has 1 atom stereocenters. The Morgan fingerprint density at radius 1 is 1.54 bits per heavy atom. The van der Waals surface area contributed by atoms with Gasteiger partial charge in [-0.25, -0.2) is 0 Å². The zero-order valence-electron chi connectivity index (χ0n) is 7.01. The first-order valence-corrected chi connectivity index (χ1v) is 3.82. The number of carbonyl (C=O) groups is 1. The Balaban J connectivity index is 2.39. The van der Waals surface area contributed by atoms with Crippen molar-refractivity contribution in [3.05, 3.63) is 0 Å². The molecule has 1 amide bonds. The van der Waals surface area contributed by atoms with Crippen LogP contribution in [0.1, 0.15) is 6.92 Å². The van der Waals surface area contributed by atoms with Gasteiger partial charge in [0.25, 0.3) is 0 Å². The van der Waals surface area contributed by atoms with E-state index in [-0.39, 0.29) is 19.0 Å². The van der Waals surface area contributed by atoms with Gasteiger partial charge in [0.15, 0.2) is 6.10 Å². The number of carbonyl (C=O) groups excluding carboxylic acids is 1. The van der Waals surface area contributed by atoms with E-state index in [0.29, 0.717) is 0 Å². The molecular formula is C7H10F3NO2. The van der Waals surface area contributed by atoms with E-state index >= 15 is 0 Å². The summed E-state index contributed by atoms with van der Waals surface area (Å²) in [4.78, 5) is 11.9. The van der Waals surface area contributed by atoms with Gasteiger partial charge in [-0.1, -0.05) is 0 Å². The predicted molar refractivity (Wildman–Crippen MR) is 37.8 cm³/mol. The molecule has 1 N–H and O–H groups in total. The molecule has 0 radical (unpaired) electrons. The minimum absolute atomic E-state index is 0.00396. The molecule has 76 valence electrons. The molecule has 1 aliphatic heterocycles. The first-order valence-electron chi connectivity index (χ1n) is 3.82. The van der Waals surface area contributed by atoms with Gasteiger partial charge in [0.1, 0.15) is 0 Å². The number of aliphatic hydroxyl groups excluding tert-OH is 1. The van der Waals surface area contributed by atoms with Crippen LogP contribution in [0.15, 0.2) is 0 Å². The van der Waals surface area contributed by atoms with Crippen molar-refractivity contribution in [2.75, 3.05) is 13.1 Å². The van der Waals surface area contributed by atoms with E-state index in [4.69, 9.17) is 5.11 Å². The Morgan fingerprint density at radius 3 is 2.31 bits per heavy atom. The third-order valence-electron chi connectivity index (χ3n) is 2.14. The molecule has 0 aromatic heterocycles. The number of amides is 1. The van der Waals surface area contributed by atoms with E-state index in [9.17, 15) is 18.0 Å². The SMILES string of the molecule is CC(=O)N1CC(C(O)C(F)(F)F)C1. The quantitative estimate of drug-likeness (QED) is 0.660. The molecule has 1 aliphatic rings. The second-order valence-electron chi connectivity index (χ2n) is 3.17. The van der Waals surface area contributed by atoms with Crippen LogP contribution in [-0.2, 0) is 4.79 Å². The molecule has 0 aliphatic carbocycles. The molecule has 0 aromatic rings. The summed E-state index contributed by atoms with van der Waals surface area (Å²) >= 11 is 0. The van der Waals surface area contributed by atoms with Crippen molar-refractivity contribution in [1.29, 1.82) is 0 Å². The van der Waals surface area contributed by atoms with Gasteiger partial charge in [0, 0.05) is 25.9 Å². The van der Waals surface area contributed by atoms with Crippen molar-refractivity contribution >= 4 is 5.91 Å². The van der Waals surface area contributed by atoms with E-state index in [1.807, 2.05) is 0 Å². The van der Waals surface area contributed by atoms with Gasteiger partial charge in [0.05, 0.1) is 0 Å². The predicted octanol–water partition coefficient (Wildman–Crippen LogP) is 0.388. The van der Waals surface area contributed by atoms with Gasteiger partial charge >= 0.3 is 6.18 Å². The van der Waals surface area contributed by atoms with Crippen molar-refractivity contribution in [1.82, 2.24) is 4.90 Å². The molecule has 1 saturated heterocycles. The Hall–Kier alpha value is -0.780. The number of hydrogen-bond acceptors (Lipinski definition) is 2. The molecule has 1 fully saturated rings. The monoisotopic (exact) mass is 197 g/mol. The zero-order valence-corrected chi connectivity index (χ0v) is 7.01. The van der Waals surface area contributed by atoms with Crippen molar-refractivity contribution in [3.8, 4) is 0 Å². The third kappa shape index (κ3) is 2.12. The second-order valence-corrected chi connectivity index (χ2v) is 3.17. The van der Waals surface area contributed by atoms with Gasteiger partial charge < -0.3 is 10.0 Å². The summed E-state index contributed by atoms with van der Waals surface area (Å²) in [6, 6.07) is 0. The maximum absolute atomic E-state index is 11.9. The van der Waals surface area contributed by atoms with Crippen molar-refractivity contribution in [3.63, 3.8) is 0 Å². The molecule has 1 rings (SSSR count).